The van der Waals surface area contributed by atoms with Crippen LogP contribution in [-0.4, -0.2) is 14.0 Å². The summed E-state index contributed by atoms with van der Waals surface area (Å²) in [5.74, 6) is 0.572. The maximum Gasteiger partial charge on any atom is 0.254 e. The highest BCUT2D eigenvalue weighted by Crippen LogP contribution is 2.16. The van der Waals surface area contributed by atoms with Crippen LogP contribution in [0.25, 0.3) is 16.8 Å². The maximum absolute atomic E-state index is 11.5. The minimum atomic E-state index is -0.103. The summed E-state index contributed by atoms with van der Waals surface area (Å²) in [6, 6.07) is 8.85. The smallest absolute Gasteiger partial charge is 0.254 e. The van der Waals surface area contributed by atoms with Gasteiger partial charge in [0.05, 0.1) is 22.7 Å². The highest BCUT2D eigenvalue weighted by molar-refractivity contribution is 5.80. The summed E-state index contributed by atoms with van der Waals surface area (Å²) < 4.78 is 3.31. The SMILES string of the molecule is Cn1c(=O)ccn2c3ccc(C#N)cc3nc12. The van der Waals surface area contributed by atoms with E-state index < -0.39 is 0 Å². The van der Waals surface area contributed by atoms with Crippen LogP contribution in [0.1, 0.15) is 5.56 Å². The molecule has 3 rings (SSSR count). The van der Waals surface area contributed by atoms with Crippen molar-refractivity contribution in [1.82, 2.24) is 14.0 Å². The molecule has 0 aliphatic rings. The Morgan fingerprint density at radius 2 is 2.18 bits per heavy atom. The number of aryl methyl sites for hydroxylation is 1. The number of fused-ring (bicyclic) bond motifs is 3. The second-order valence-electron chi connectivity index (χ2n) is 3.81. The summed E-state index contributed by atoms with van der Waals surface area (Å²) in [6.45, 7) is 0. The lowest BCUT2D eigenvalue weighted by atomic mass is 10.2. The van der Waals surface area contributed by atoms with Crippen LogP contribution < -0.4 is 5.56 Å². The molecule has 3 aromatic rings. The van der Waals surface area contributed by atoms with Gasteiger partial charge in [-0.2, -0.15) is 5.26 Å². The van der Waals surface area contributed by atoms with E-state index in [0.29, 0.717) is 16.9 Å². The number of rotatable bonds is 0. The average molecular weight is 224 g/mol. The van der Waals surface area contributed by atoms with Crippen LogP contribution in [0, 0.1) is 11.3 Å². The molecule has 82 valence electrons. The van der Waals surface area contributed by atoms with E-state index in [-0.39, 0.29) is 5.56 Å². The Balaban J connectivity index is 2.54. The first-order valence-electron chi connectivity index (χ1n) is 5.08. The van der Waals surface area contributed by atoms with Gasteiger partial charge in [0.1, 0.15) is 0 Å². The monoisotopic (exact) mass is 224 g/mol. The van der Waals surface area contributed by atoms with Crippen molar-refractivity contribution in [1.29, 1.82) is 5.26 Å². The van der Waals surface area contributed by atoms with Gasteiger partial charge in [0, 0.05) is 19.3 Å². The van der Waals surface area contributed by atoms with Gasteiger partial charge in [-0.1, -0.05) is 0 Å². The van der Waals surface area contributed by atoms with Gasteiger partial charge in [-0.15, -0.1) is 0 Å². The number of nitriles is 1. The van der Waals surface area contributed by atoms with E-state index in [1.54, 1.807) is 25.4 Å². The average Bonchev–Trinajstić information content (AvgIpc) is 2.72. The Bertz CT molecular complexity index is 835. The van der Waals surface area contributed by atoms with Gasteiger partial charge in [0.2, 0.25) is 5.78 Å². The first kappa shape index (κ1) is 9.60. The molecule has 0 fully saturated rings. The third-order valence-corrected chi connectivity index (χ3v) is 2.80. The summed E-state index contributed by atoms with van der Waals surface area (Å²) in [6.07, 6.45) is 1.69. The van der Waals surface area contributed by atoms with Gasteiger partial charge in [-0.3, -0.25) is 13.8 Å². The highest BCUT2D eigenvalue weighted by Gasteiger charge is 2.07. The largest absolute Gasteiger partial charge is 0.285 e. The van der Waals surface area contributed by atoms with E-state index in [1.165, 1.54) is 10.6 Å². The van der Waals surface area contributed by atoms with Crippen molar-refractivity contribution in [3.63, 3.8) is 0 Å². The van der Waals surface area contributed by atoms with Gasteiger partial charge in [0.25, 0.3) is 5.56 Å². The van der Waals surface area contributed by atoms with Crippen LogP contribution in [0.2, 0.25) is 0 Å². The third-order valence-electron chi connectivity index (χ3n) is 2.80. The van der Waals surface area contributed by atoms with Gasteiger partial charge >= 0.3 is 0 Å². The Morgan fingerprint density at radius 3 is 2.94 bits per heavy atom. The van der Waals surface area contributed by atoms with Gasteiger partial charge in [-0.25, -0.2) is 4.98 Å². The zero-order valence-corrected chi connectivity index (χ0v) is 9.08. The lowest BCUT2D eigenvalue weighted by Crippen LogP contribution is -2.17. The molecule has 0 bridgehead atoms. The highest BCUT2D eigenvalue weighted by atomic mass is 16.1. The molecule has 2 aromatic heterocycles. The predicted molar refractivity (Wildman–Crippen MR) is 62.7 cm³/mol. The van der Waals surface area contributed by atoms with Gasteiger partial charge in [0.15, 0.2) is 0 Å². The fraction of sp³-hybridized carbons (Fsp3) is 0.0833. The maximum atomic E-state index is 11.5. The molecule has 0 spiro atoms. The quantitative estimate of drug-likeness (QED) is 0.573. The lowest BCUT2D eigenvalue weighted by Gasteiger charge is -1.99. The second kappa shape index (κ2) is 3.19. The molecule has 0 aliphatic heterocycles. The van der Waals surface area contributed by atoms with Crippen LogP contribution in [0.15, 0.2) is 35.3 Å². The summed E-state index contributed by atoms with van der Waals surface area (Å²) in [5, 5.41) is 8.83. The number of imidazole rings is 1. The molecule has 0 atom stereocenters. The molecule has 0 radical (unpaired) electrons. The first-order valence-corrected chi connectivity index (χ1v) is 5.08. The molecule has 0 saturated heterocycles. The predicted octanol–water partition coefficient (Wildman–Crippen LogP) is 1.06. The molecule has 0 unspecified atom stereocenters. The van der Waals surface area contributed by atoms with Crippen LogP contribution in [0.5, 0.6) is 0 Å². The number of hydrogen-bond acceptors (Lipinski definition) is 3. The molecular formula is C12H8N4O. The van der Waals surface area contributed by atoms with Crippen molar-refractivity contribution in [2.75, 3.05) is 0 Å². The van der Waals surface area contributed by atoms with E-state index in [2.05, 4.69) is 11.1 Å². The molecule has 0 aliphatic carbocycles. The fourth-order valence-electron chi connectivity index (χ4n) is 1.89. The van der Waals surface area contributed by atoms with E-state index >= 15 is 0 Å². The molecular weight excluding hydrogens is 216 g/mol. The zero-order valence-electron chi connectivity index (χ0n) is 9.08. The Hall–Kier alpha value is -2.61. The normalized spacial score (nSPS) is 10.8. The minimum absolute atomic E-state index is 0.103. The van der Waals surface area contributed by atoms with Gasteiger partial charge < -0.3 is 0 Å². The second-order valence-corrected chi connectivity index (χ2v) is 3.81. The van der Waals surface area contributed by atoms with Crippen molar-refractivity contribution >= 4 is 16.8 Å². The number of aromatic nitrogens is 3. The molecule has 1 aromatic carbocycles. The number of nitrogens with zero attached hydrogens (tertiary/aromatic N) is 4. The Morgan fingerprint density at radius 1 is 1.35 bits per heavy atom. The Kier molecular flexibility index (Phi) is 1.80. The Labute approximate surface area is 96.2 Å². The van der Waals surface area contributed by atoms with Crippen LogP contribution in [-0.2, 0) is 7.05 Å². The topological polar surface area (TPSA) is 63.1 Å². The molecule has 5 nitrogen and oxygen atoms in total. The van der Waals surface area contributed by atoms with E-state index in [9.17, 15) is 4.79 Å². The summed E-state index contributed by atoms with van der Waals surface area (Å²) in [4.78, 5) is 15.8. The molecule has 0 N–H and O–H groups in total. The minimum Gasteiger partial charge on any atom is -0.285 e. The third kappa shape index (κ3) is 1.24. The summed E-state index contributed by atoms with van der Waals surface area (Å²) >= 11 is 0. The standard InChI is InChI=1S/C12H8N4O/c1-15-11(17)4-5-16-10-3-2-8(7-13)6-9(10)14-12(15)16/h2-6H,1H3. The van der Waals surface area contributed by atoms with Crippen LogP contribution >= 0.6 is 0 Å². The van der Waals surface area contributed by atoms with E-state index in [0.717, 1.165) is 5.52 Å². The number of benzene rings is 1. The molecule has 0 saturated carbocycles. The summed E-state index contributed by atoms with van der Waals surface area (Å²) in [5.41, 5.74) is 2.05. The van der Waals surface area contributed by atoms with Crippen molar-refractivity contribution in [3.8, 4) is 6.07 Å². The van der Waals surface area contributed by atoms with Crippen LogP contribution in [0.3, 0.4) is 0 Å². The molecule has 5 heteroatoms. The molecule has 0 amide bonds. The zero-order chi connectivity index (χ0) is 12.0. The van der Waals surface area contributed by atoms with Gasteiger partial charge in [-0.05, 0) is 18.2 Å². The van der Waals surface area contributed by atoms with Crippen molar-refractivity contribution in [3.05, 3.63) is 46.4 Å². The van der Waals surface area contributed by atoms with Crippen molar-refractivity contribution < 1.29 is 0 Å². The summed E-state index contributed by atoms with van der Waals surface area (Å²) in [7, 11) is 1.68. The fourth-order valence-corrected chi connectivity index (χ4v) is 1.89. The lowest BCUT2D eigenvalue weighted by molar-refractivity contribution is 0.848. The van der Waals surface area contributed by atoms with Crippen molar-refractivity contribution in [2.45, 2.75) is 0 Å². The molecule has 17 heavy (non-hydrogen) atoms. The van der Waals surface area contributed by atoms with E-state index in [1.807, 2.05) is 10.5 Å². The molecule has 2 heterocycles. The van der Waals surface area contributed by atoms with Crippen molar-refractivity contribution in [2.24, 2.45) is 7.05 Å². The van der Waals surface area contributed by atoms with E-state index in [4.69, 9.17) is 5.26 Å². The first-order chi connectivity index (χ1) is 8.20. The number of hydrogen-bond donors (Lipinski definition) is 0. The van der Waals surface area contributed by atoms with Crippen LogP contribution in [0.4, 0.5) is 0 Å².